The Morgan fingerprint density at radius 3 is 2.07 bits per heavy atom. The second kappa shape index (κ2) is 4.88. The average Bonchev–Trinajstić information content (AvgIpc) is 2.02. The summed E-state index contributed by atoms with van der Waals surface area (Å²) in [4.78, 5) is 0. The van der Waals surface area contributed by atoms with Crippen LogP contribution in [0.3, 0.4) is 0 Å². The van der Waals surface area contributed by atoms with Crippen molar-refractivity contribution < 1.29 is 31.8 Å². The number of hydrogen-bond acceptors (Lipinski definition) is 2. The number of hydrogen-bond donors (Lipinski definition) is 1. The highest BCUT2D eigenvalue weighted by Gasteiger charge is 2.61. The molecule has 0 aliphatic rings. The van der Waals surface area contributed by atoms with Crippen LogP contribution in [0.25, 0.3) is 0 Å². The van der Waals surface area contributed by atoms with Gasteiger partial charge in [-0.25, -0.2) is 0 Å². The van der Waals surface area contributed by atoms with Crippen molar-refractivity contribution in [1.29, 1.82) is 0 Å². The summed E-state index contributed by atoms with van der Waals surface area (Å²) in [6.45, 7) is 1.43. The highest BCUT2D eigenvalue weighted by atomic mass is 19.4. The molecule has 1 unspecified atom stereocenters. The van der Waals surface area contributed by atoms with Crippen molar-refractivity contribution in [2.75, 3.05) is 13.2 Å². The SMILES string of the molecule is CCOCCC(O)C(F)(F)C(F)(F)F. The smallest absolute Gasteiger partial charge is 0.386 e. The molecule has 0 aromatic rings. The van der Waals surface area contributed by atoms with Crippen molar-refractivity contribution in [3.63, 3.8) is 0 Å². The minimum absolute atomic E-state index is 0.199. The van der Waals surface area contributed by atoms with E-state index in [-0.39, 0.29) is 13.2 Å². The normalized spacial score (nSPS) is 15.6. The van der Waals surface area contributed by atoms with Crippen molar-refractivity contribution >= 4 is 0 Å². The average molecular weight is 222 g/mol. The quantitative estimate of drug-likeness (QED) is 0.569. The van der Waals surface area contributed by atoms with Crippen molar-refractivity contribution in [1.82, 2.24) is 0 Å². The van der Waals surface area contributed by atoms with Crippen LogP contribution >= 0.6 is 0 Å². The molecule has 2 nitrogen and oxygen atoms in total. The van der Waals surface area contributed by atoms with E-state index < -0.39 is 24.6 Å². The zero-order valence-corrected chi connectivity index (χ0v) is 7.44. The van der Waals surface area contributed by atoms with Gasteiger partial charge in [-0.15, -0.1) is 0 Å². The fourth-order valence-electron chi connectivity index (χ4n) is 0.709. The van der Waals surface area contributed by atoms with Gasteiger partial charge in [0.25, 0.3) is 0 Å². The first kappa shape index (κ1) is 13.6. The number of alkyl halides is 5. The fourth-order valence-corrected chi connectivity index (χ4v) is 0.709. The van der Waals surface area contributed by atoms with Crippen LogP contribution in [0.15, 0.2) is 0 Å². The summed E-state index contributed by atoms with van der Waals surface area (Å²) in [6.07, 6.45) is -9.23. The summed E-state index contributed by atoms with van der Waals surface area (Å²) in [5.74, 6) is -5.08. The lowest BCUT2D eigenvalue weighted by atomic mass is 10.1. The lowest BCUT2D eigenvalue weighted by molar-refractivity contribution is -0.314. The van der Waals surface area contributed by atoms with Crippen molar-refractivity contribution in [2.24, 2.45) is 0 Å². The molecule has 0 aliphatic heterocycles. The van der Waals surface area contributed by atoms with Crippen LogP contribution < -0.4 is 0 Å². The molecule has 0 saturated heterocycles. The van der Waals surface area contributed by atoms with Gasteiger partial charge >= 0.3 is 12.1 Å². The summed E-state index contributed by atoms with van der Waals surface area (Å²) >= 11 is 0. The largest absolute Gasteiger partial charge is 0.456 e. The minimum atomic E-state index is -5.72. The Balaban J connectivity index is 4.15. The third-order valence-corrected chi connectivity index (χ3v) is 1.54. The molecule has 1 atom stereocenters. The molecule has 86 valence electrons. The summed E-state index contributed by atoms with van der Waals surface area (Å²) in [5, 5.41) is 8.59. The zero-order chi connectivity index (χ0) is 11.4. The first-order valence-electron chi connectivity index (χ1n) is 3.93. The predicted octanol–water partition coefficient (Wildman–Crippen LogP) is 1.97. The molecule has 0 radical (unpaired) electrons. The maximum Gasteiger partial charge on any atom is 0.456 e. The van der Waals surface area contributed by atoms with Crippen molar-refractivity contribution in [3.05, 3.63) is 0 Å². The third kappa shape index (κ3) is 3.38. The number of ether oxygens (including phenoxy) is 1. The maximum atomic E-state index is 12.3. The molecule has 14 heavy (non-hydrogen) atoms. The summed E-state index contributed by atoms with van der Waals surface area (Å²) in [5.41, 5.74) is 0. The van der Waals surface area contributed by atoms with Gasteiger partial charge in [-0.1, -0.05) is 0 Å². The molecule has 1 N–H and O–H groups in total. The van der Waals surface area contributed by atoms with Gasteiger partial charge in [0.05, 0.1) is 0 Å². The number of aliphatic hydroxyl groups is 1. The lowest BCUT2D eigenvalue weighted by Crippen LogP contribution is -2.47. The van der Waals surface area contributed by atoms with E-state index in [2.05, 4.69) is 4.74 Å². The molecule has 0 saturated carbocycles. The molecule has 7 heteroatoms. The fraction of sp³-hybridized carbons (Fsp3) is 1.00. The molecule has 0 spiro atoms. The molecule has 0 bridgehead atoms. The van der Waals surface area contributed by atoms with Crippen LogP contribution in [0.5, 0.6) is 0 Å². The van der Waals surface area contributed by atoms with Gasteiger partial charge in [-0.3, -0.25) is 0 Å². The summed E-state index contributed by atoms with van der Waals surface area (Å²) < 4.78 is 64.1. The van der Waals surface area contributed by atoms with Crippen LogP contribution in [-0.2, 0) is 4.74 Å². The second-order valence-electron chi connectivity index (χ2n) is 2.62. The molecule has 0 aromatic heterocycles. The van der Waals surface area contributed by atoms with Crippen molar-refractivity contribution in [2.45, 2.75) is 31.5 Å². The monoisotopic (exact) mass is 222 g/mol. The standard InChI is InChI=1S/C7H11F5O2/c1-2-14-4-3-5(13)6(8,9)7(10,11)12/h5,13H,2-4H2,1H3. The Kier molecular flexibility index (Phi) is 4.73. The molecule has 0 aromatic carbocycles. The Hall–Kier alpha value is -0.430. The van der Waals surface area contributed by atoms with Gasteiger partial charge < -0.3 is 9.84 Å². The molecule has 0 heterocycles. The van der Waals surface area contributed by atoms with Gasteiger partial charge in [0, 0.05) is 19.6 Å². The second-order valence-corrected chi connectivity index (χ2v) is 2.62. The minimum Gasteiger partial charge on any atom is -0.386 e. The number of halogens is 5. The Morgan fingerprint density at radius 1 is 1.21 bits per heavy atom. The van der Waals surface area contributed by atoms with E-state index in [9.17, 15) is 22.0 Å². The Bertz CT molecular complexity index is 168. The molecule has 0 aliphatic carbocycles. The van der Waals surface area contributed by atoms with E-state index in [0.29, 0.717) is 0 Å². The number of aliphatic hydroxyl groups excluding tert-OH is 1. The van der Waals surface area contributed by atoms with Crippen LogP contribution in [-0.4, -0.2) is 36.5 Å². The van der Waals surface area contributed by atoms with Crippen molar-refractivity contribution in [3.8, 4) is 0 Å². The van der Waals surface area contributed by atoms with Crippen LogP contribution in [0.2, 0.25) is 0 Å². The van der Waals surface area contributed by atoms with Gasteiger partial charge in [-0.05, 0) is 6.92 Å². The van der Waals surface area contributed by atoms with Crippen LogP contribution in [0.4, 0.5) is 22.0 Å². The third-order valence-electron chi connectivity index (χ3n) is 1.54. The first-order chi connectivity index (χ1) is 6.23. The van der Waals surface area contributed by atoms with E-state index >= 15 is 0 Å². The number of rotatable bonds is 5. The van der Waals surface area contributed by atoms with Crippen LogP contribution in [0, 0.1) is 0 Å². The predicted molar refractivity (Wildman–Crippen MR) is 38.1 cm³/mol. The van der Waals surface area contributed by atoms with E-state index in [1.165, 1.54) is 0 Å². The topological polar surface area (TPSA) is 29.5 Å². The summed E-state index contributed by atoms with van der Waals surface area (Å²) in [6, 6.07) is 0. The highest BCUT2D eigenvalue weighted by Crippen LogP contribution is 2.38. The molecule has 0 fully saturated rings. The maximum absolute atomic E-state index is 12.3. The summed E-state index contributed by atoms with van der Waals surface area (Å²) in [7, 11) is 0. The van der Waals surface area contributed by atoms with Gasteiger partial charge in [0.1, 0.15) is 6.10 Å². The molecule has 0 amide bonds. The van der Waals surface area contributed by atoms with E-state index in [1.807, 2.05) is 0 Å². The van der Waals surface area contributed by atoms with E-state index in [1.54, 1.807) is 6.92 Å². The highest BCUT2D eigenvalue weighted by molar-refractivity contribution is 4.83. The Labute approximate surface area is 77.7 Å². The van der Waals surface area contributed by atoms with E-state index in [4.69, 9.17) is 5.11 Å². The van der Waals surface area contributed by atoms with Crippen LogP contribution in [0.1, 0.15) is 13.3 Å². The molecule has 0 rings (SSSR count). The Morgan fingerprint density at radius 2 is 1.71 bits per heavy atom. The van der Waals surface area contributed by atoms with E-state index in [0.717, 1.165) is 0 Å². The molecular weight excluding hydrogens is 211 g/mol. The zero-order valence-electron chi connectivity index (χ0n) is 7.44. The van der Waals surface area contributed by atoms with Gasteiger partial charge in [0.2, 0.25) is 0 Å². The van der Waals surface area contributed by atoms with Gasteiger partial charge in [-0.2, -0.15) is 22.0 Å². The molecular formula is C7H11F5O2. The first-order valence-corrected chi connectivity index (χ1v) is 3.93. The lowest BCUT2D eigenvalue weighted by Gasteiger charge is -2.24. The van der Waals surface area contributed by atoms with Gasteiger partial charge in [0.15, 0.2) is 0 Å².